The molecule has 2 aromatic rings. The lowest BCUT2D eigenvalue weighted by atomic mass is 10.1. The summed E-state index contributed by atoms with van der Waals surface area (Å²) in [6, 6.07) is 2.32. The van der Waals surface area contributed by atoms with Crippen LogP contribution in [0.1, 0.15) is 20.8 Å². The summed E-state index contributed by atoms with van der Waals surface area (Å²) in [5, 5.41) is 6.02. The summed E-state index contributed by atoms with van der Waals surface area (Å²) in [6.45, 7) is 8.00. The number of nitrogens with zero attached hydrogens (tertiary/aromatic N) is 2. The number of fused-ring (bicyclic) bond motifs is 1. The third-order valence-electron chi connectivity index (χ3n) is 2.83. The van der Waals surface area contributed by atoms with Crippen LogP contribution in [0, 0.1) is 5.92 Å². The van der Waals surface area contributed by atoms with Gasteiger partial charge in [0, 0.05) is 12.6 Å². The second kappa shape index (κ2) is 5.63. The van der Waals surface area contributed by atoms with Crippen molar-refractivity contribution < 1.29 is 0 Å². The number of hydrogen-bond acceptors (Lipinski definition) is 4. The van der Waals surface area contributed by atoms with Crippen LogP contribution in [0.25, 0.3) is 10.2 Å². The Morgan fingerprint density at radius 3 is 2.94 bits per heavy atom. The summed E-state index contributed by atoms with van der Waals surface area (Å²) in [5.74, 6) is 0.406. The minimum Gasteiger partial charge on any atom is -0.314 e. The van der Waals surface area contributed by atoms with Gasteiger partial charge in [-0.2, -0.15) is 0 Å². The monoisotopic (exact) mass is 265 g/mol. The van der Waals surface area contributed by atoms with Gasteiger partial charge >= 0.3 is 0 Å². The molecule has 2 rings (SSSR count). The highest BCUT2D eigenvalue weighted by atomic mass is 32.1. The summed E-state index contributed by atoms with van der Waals surface area (Å²) in [4.78, 5) is 17.3. The molecular weight excluding hydrogens is 246 g/mol. The molecule has 1 N–H and O–H groups in total. The Morgan fingerprint density at radius 2 is 2.22 bits per heavy atom. The lowest BCUT2D eigenvalue weighted by molar-refractivity contribution is 0.419. The van der Waals surface area contributed by atoms with Crippen LogP contribution in [0.15, 0.2) is 22.6 Å². The van der Waals surface area contributed by atoms with Crippen LogP contribution in [0.2, 0.25) is 0 Å². The Bertz CT molecular complexity index is 573. The summed E-state index contributed by atoms with van der Waals surface area (Å²) in [7, 11) is 0. The van der Waals surface area contributed by atoms with E-state index in [0.29, 0.717) is 18.5 Å². The average Bonchev–Trinajstić information content (AvgIpc) is 2.79. The fourth-order valence-electron chi connectivity index (χ4n) is 1.86. The van der Waals surface area contributed by atoms with E-state index < -0.39 is 0 Å². The molecule has 0 aliphatic rings. The van der Waals surface area contributed by atoms with E-state index in [1.165, 1.54) is 11.3 Å². The van der Waals surface area contributed by atoms with Crippen LogP contribution in [0.3, 0.4) is 0 Å². The molecule has 98 valence electrons. The van der Waals surface area contributed by atoms with Crippen molar-refractivity contribution in [1.82, 2.24) is 14.9 Å². The first-order valence-electron chi connectivity index (χ1n) is 6.24. The first kappa shape index (κ1) is 13.2. The maximum Gasteiger partial charge on any atom is 0.262 e. The first-order chi connectivity index (χ1) is 8.58. The molecule has 0 fully saturated rings. The standard InChI is InChI=1S/C13H19N3OS/c1-9(2)14-6-10(3)7-16-8-15-12-11(13(16)17)4-5-18-12/h4-5,8-10,14H,6-7H2,1-3H3. The van der Waals surface area contributed by atoms with E-state index in [-0.39, 0.29) is 5.56 Å². The molecule has 0 radical (unpaired) electrons. The fourth-order valence-corrected chi connectivity index (χ4v) is 2.58. The maximum atomic E-state index is 12.2. The fraction of sp³-hybridized carbons (Fsp3) is 0.538. The molecule has 18 heavy (non-hydrogen) atoms. The van der Waals surface area contributed by atoms with Gasteiger partial charge in [0.2, 0.25) is 0 Å². The van der Waals surface area contributed by atoms with Gasteiger partial charge in [-0.15, -0.1) is 11.3 Å². The molecule has 2 heterocycles. The van der Waals surface area contributed by atoms with Gasteiger partial charge in [0.25, 0.3) is 5.56 Å². The normalized spacial score (nSPS) is 13.3. The molecule has 0 amide bonds. The molecule has 0 bridgehead atoms. The lowest BCUT2D eigenvalue weighted by Crippen LogP contribution is -2.32. The molecule has 4 nitrogen and oxygen atoms in total. The van der Waals surface area contributed by atoms with Crippen molar-refractivity contribution in [2.45, 2.75) is 33.4 Å². The third-order valence-corrected chi connectivity index (χ3v) is 3.65. The molecule has 0 aliphatic heterocycles. The smallest absolute Gasteiger partial charge is 0.262 e. The highest BCUT2D eigenvalue weighted by molar-refractivity contribution is 7.16. The molecule has 2 aromatic heterocycles. The molecule has 1 atom stereocenters. The van der Waals surface area contributed by atoms with Crippen LogP contribution in [-0.2, 0) is 6.54 Å². The van der Waals surface area contributed by atoms with E-state index >= 15 is 0 Å². The number of hydrogen-bond donors (Lipinski definition) is 1. The van der Waals surface area contributed by atoms with Crippen LogP contribution in [0.5, 0.6) is 0 Å². The van der Waals surface area contributed by atoms with Gasteiger partial charge in [-0.1, -0.05) is 20.8 Å². The minimum absolute atomic E-state index is 0.0673. The first-order valence-corrected chi connectivity index (χ1v) is 7.12. The van der Waals surface area contributed by atoms with Gasteiger partial charge in [0.1, 0.15) is 4.83 Å². The molecule has 0 aliphatic carbocycles. The quantitative estimate of drug-likeness (QED) is 0.900. The van der Waals surface area contributed by atoms with Crippen molar-refractivity contribution in [2.24, 2.45) is 5.92 Å². The minimum atomic E-state index is 0.0673. The summed E-state index contributed by atoms with van der Waals surface area (Å²) >= 11 is 1.51. The van der Waals surface area contributed by atoms with Gasteiger partial charge in [-0.25, -0.2) is 4.98 Å². The van der Waals surface area contributed by atoms with E-state index in [0.717, 1.165) is 16.8 Å². The average molecular weight is 265 g/mol. The molecule has 0 aromatic carbocycles. The summed E-state index contributed by atoms with van der Waals surface area (Å²) < 4.78 is 1.71. The lowest BCUT2D eigenvalue weighted by Gasteiger charge is -2.15. The molecule has 0 spiro atoms. The Hall–Kier alpha value is -1.20. The zero-order valence-corrected chi connectivity index (χ0v) is 11.8. The Morgan fingerprint density at radius 1 is 1.44 bits per heavy atom. The molecule has 0 saturated heterocycles. The SMILES string of the molecule is CC(CNC(C)C)Cn1cnc2sccc2c1=O. The van der Waals surface area contributed by atoms with Crippen molar-refractivity contribution in [3.05, 3.63) is 28.1 Å². The highest BCUT2D eigenvalue weighted by Gasteiger charge is 2.08. The molecule has 1 unspecified atom stereocenters. The van der Waals surface area contributed by atoms with Crippen molar-refractivity contribution in [3.8, 4) is 0 Å². The number of aromatic nitrogens is 2. The second-order valence-electron chi connectivity index (χ2n) is 5.01. The van der Waals surface area contributed by atoms with Crippen molar-refractivity contribution >= 4 is 21.6 Å². The predicted molar refractivity (Wildman–Crippen MR) is 76.2 cm³/mol. The topological polar surface area (TPSA) is 46.9 Å². The zero-order chi connectivity index (χ0) is 13.1. The van der Waals surface area contributed by atoms with E-state index in [1.807, 2.05) is 11.4 Å². The van der Waals surface area contributed by atoms with E-state index in [4.69, 9.17) is 0 Å². The second-order valence-corrected chi connectivity index (χ2v) is 5.90. The molecular formula is C13H19N3OS. The third kappa shape index (κ3) is 2.97. The van der Waals surface area contributed by atoms with Crippen LogP contribution in [-0.4, -0.2) is 22.1 Å². The van der Waals surface area contributed by atoms with Gasteiger partial charge in [-0.3, -0.25) is 9.36 Å². The summed E-state index contributed by atoms with van der Waals surface area (Å²) in [6.07, 6.45) is 1.66. The highest BCUT2D eigenvalue weighted by Crippen LogP contribution is 2.13. The summed E-state index contributed by atoms with van der Waals surface area (Å²) in [5.41, 5.74) is 0.0673. The van der Waals surface area contributed by atoms with Crippen molar-refractivity contribution in [2.75, 3.05) is 6.54 Å². The zero-order valence-electron chi connectivity index (χ0n) is 11.0. The van der Waals surface area contributed by atoms with Crippen LogP contribution < -0.4 is 10.9 Å². The van der Waals surface area contributed by atoms with Gasteiger partial charge in [-0.05, 0) is 23.9 Å². The Kier molecular flexibility index (Phi) is 4.14. The van der Waals surface area contributed by atoms with E-state index in [9.17, 15) is 4.79 Å². The molecule has 5 heteroatoms. The van der Waals surface area contributed by atoms with Gasteiger partial charge in [0.15, 0.2) is 0 Å². The number of thiophene rings is 1. The number of rotatable bonds is 5. The Balaban J connectivity index is 2.11. The maximum absolute atomic E-state index is 12.2. The Labute approximate surface area is 111 Å². The largest absolute Gasteiger partial charge is 0.314 e. The van der Waals surface area contributed by atoms with Crippen LogP contribution in [0.4, 0.5) is 0 Å². The van der Waals surface area contributed by atoms with Crippen molar-refractivity contribution in [3.63, 3.8) is 0 Å². The van der Waals surface area contributed by atoms with E-state index in [1.54, 1.807) is 10.9 Å². The van der Waals surface area contributed by atoms with Crippen molar-refractivity contribution in [1.29, 1.82) is 0 Å². The molecule has 0 saturated carbocycles. The number of nitrogens with one attached hydrogen (secondary N) is 1. The van der Waals surface area contributed by atoms with Crippen LogP contribution >= 0.6 is 11.3 Å². The predicted octanol–water partition coefficient (Wildman–Crippen LogP) is 2.09. The van der Waals surface area contributed by atoms with Gasteiger partial charge < -0.3 is 5.32 Å². The van der Waals surface area contributed by atoms with E-state index in [2.05, 4.69) is 31.1 Å². The van der Waals surface area contributed by atoms with Gasteiger partial charge in [0.05, 0.1) is 11.7 Å².